The molecule has 22 heavy (non-hydrogen) atoms. The number of carbonyl (C=O) groups excluding carboxylic acids is 1. The molecular weight excluding hydrogens is 280 g/mol. The second-order valence-electron chi connectivity index (χ2n) is 5.52. The predicted octanol–water partition coefficient (Wildman–Crippen LogP) is 3.05. The molecule has 0 spiro atoms. The Labute approximate surface area is 130 Å². The van der Waals surface area contributed by atoms with Crippen LogP contribution in [0.3, 0.4) is 0 Å². The average molecular weight is 302 g/mol. The number of anilines is 1. The van der Waals surface area contributed by atoms with Crippen LogP contribution < -0.4 is 5.32 Å². The number of aromatic nitrogens is 2. The third-order valence-corrected chi connectivity index (χ3v) is 3.93. The van der Waals surface area contributed by atoms with Crippen LogP contribution in [-0.2, 0) is 11.4 Å². The maximum atomic E-state index is 11.7. The normalized spacial score (nSPS) is 15.9. The summed E-state index contributed by atoms with van der Waals surface area (Å²) in [6.45, 7) is 5.05. The molecule has 6 heteroatoms. The number of para-hydroxylation sites is 2. The standard InChI is InChI=1S/C16H22N4O2/c1-2-22-16(21)18-15-17-13-8-4-5-9-14(13)20(15)12-19-10-6-3-7-11-19/h4-5,8-9H,2-3,6-7,10-12H2,1H3,(H,17,18,21). The Hall–Kier alpha value is -2.08. The average Bonchev–Trinajstić information content (AvgIpc) is 2.86. The quantitative estimate of drug-likeness (QED) is 0.943. The van der Waals surface area contributed by atoms with Gasteiger partial charge in [-0.3, -0.25) is 14.8 Å². The van der Waals surface area contributed by atoms with Gasteiger partial charge in [-0.1, -0.05) is 18.6 Å². The van der Waals surface area contributed by atoms with Gasteiger partial charge >= 0.3 is 6.09 Å². The van der Waals surface area contributed by atoms with Crippen molar-refractivity contribution in [2.75, 3.05) is 25.0 Å². The topological polar surface area (TPSA) is 59.4 Å². The fraction of sp³-hybridized carbons (Fsp3) is 0.500. The maximum Gasteiger partial charge on any atom is 0.413 e. The fourth-order valence-corrected chi connectivity index (χ4v) is 2.87. The van der Waals surface area contributed by atoms with Crippen molar-refractivity contribution in [2.45, 2.75) is 32.9 Å². The Balaban J connectivity index is 1.88. The molecule has 118 valence electrons. The number of nitrogens with zero attached hydrogens (tertiary/aromatic N) is 3. The van der Waals surface area contributed by atoms with E-state index in [0.717, 1.165) is 30.8 Å². The van der Waals surface area contributed by atoms with Crippen LogP contribution >= 0.6 is 0 Å². The lowest BCUT2D eigenvalue weighted by molar-refractivity contribution is 0.166. The largest absolute Gasteiger partial charge is 0.450 e. The van der Waals surface area contributed by atoms with E-state index in [-0.39, 0.29) is 0 Å². The molecule has 0 atom stereocenters. The number of benzene rings is 1. The van der Waals surface area contributed by atoms with Crippen molar-refractivity contribution in [2.24, 2.45) is 0 Å². The summed E-state index contributed by atoms with van der Waals surface area (Å²) in [6.07, 6.45) is 3.30. The van der Waals surface area contributed by atoms with Gasteiger partial charge in [-0.05, 0) is 45.0 Å². The van der Waals surface area contributed by atoms with Gasteiger partial charge in [0.1, 0.15) is 0 Å². The second kappa shape index (κ2) is 6.79. The molecule has 0 aliphatic carbocycles. The van der Waals surface area contributed by atoms with Crippen molar-refractivity contribution < 1.29 is 9.53 Å². The Kier molecular flexibility index (Phi) is 4.58. The molecule has 1 aliphatic rings. The van der Waals surface area contributed by atoms with E-state index in [4.69, 9.17) is 4.74 Å². The Morgan fingerprint density at radius 1 is 1.27 bits per heavy atom. The van der Waals surface area contributed by atoms with Gasteiger partial charge < -0.3 is 4.74 Å². The highest BCUT2D eigenvalue weighted by Gasteiger charge is 2.17. The minimum Gasteiger partial charge on any atom is -0.450 e. The number of hydrogen-bond acceptors (Lipinski definition) is 4. The summed E-state index contributed by atoms with van der Waals surface area (Å²) < 4.78 is 7.02. The molecule has 1 aliphatic heterocycles. The Morgan fingerprint density at radius 3 is 2.82 bits per heavy atom. The van der Waals surface area contributed by atoms with Gasteiger partial charge in [0, 0.05) is 0 Å². The van der Waals surface area contributed by atoms with E-state index in [1.807, 2.05) is 24.3 Å². The van der Waals surface area contributed by atoms with Crippen LogP contribution in [0, 0.1) is 0 Å². The van der Waals surface area contributed by atoms with Gasteiger partial charge in [-0.25, -0.2) is 9.78 Å². The number of imidazole rings is 1. The van der Waals surface area contributed by atoms with Crippen LogP contribution in [-0.4, -0.2) is 40.2 Å². The number of piperidine rings is 1. The zero-order valence-electron chi connectivity index (χ0n) is 12.9. The first-order valence-corrected chi connectivity index (χ1v) is 7.89. The van der Waals surface area contributed by atoms with Gasteiger partial charge in [0.05, 0.1) is 24.3 Å². The first kappa shape index (κ1) is 14.8. The van der Waals surface area contributed by atoms with Crippen molar-refractivity contribution in [1.82, 2.24) is 14.5 Å². The Morgan fingerprint density at radius 2 is 2.05 bits per heavy atom. The zero-order valence-corrected chi connectivity index (χ0v) is 12.9. The van der Waals surface area contributed by atoms with Crippen molar-refractivity contribution >= 4 is 23.1 Å². The van der Waals surface area contributed by atoms with Gasteiger partial charge in [-0.2, -0.15) is 0 Å². The zero-order chi connectivity index (χ0) is 15.4. The van der Waals surface area contributed by atoms with Crippen molar-refractivity contribution in [1.29, 1.82) is 0 Å². The van der Waals surface area contributed by atoms with Crippen LogP contribution in [0.4, 0.5) is 10.7 Å². The van der Waals surface area contributed by atoms with Crippen LogP contribution in [0.1, 0.15) is 26.2 Å². The number of hydrogen-bond donors (Lipinski definition) is 1. The molecule has 1 aromatic carbocycles. The molecule has 0 saturated carbocycles. The second-order valence-corrected chi connectivity index (χ2v) is 5.52. The summed E-state index contributed by atoms with van der Waals surface area (Å²) in [5.74, 6) is 0.547. The monoisotopic (exact) mass is 302 g/mol. The lowest BCUT2D eigenvalue weighted by Gasteiger charge is -2.27. The van der Waals surface area contributed by atoms with E-state index in [1.54, 1.807) is 6.92 Å². The van der Waals surface area contributed by atoms with E-state index in [9.17, 15) is 4.79 Å². The molecule has 0 unspecified atom stereocenters. The third-order valence-electron chi connectivity index (χ3n) is 3.93. The summed E-state index contributed by atoms with van der Waals surface area (Å²) >= 11 is 0. The number of carbonyl (C=O) groups is 1. The summed E-state index contributed by atoms with van der Waals surface area (Å²) in [5, 5.41) is 2.75. The number of nitrogens with one attached hydrogen (secondary N) is 1. The highest BCUT2D eigenvalue weighted by Crippen LogP contribution is 2.21. The molecule has 2 heterocycles. The van der Waals surface area contributed by atoms with Crippen LogP contribution in [0.15, 0.2) is 24.3 Å². The molecule has 1 N–H and O–H groups in total. The smallest absolute Gasteiger partial charge is 0.413 e. The third kappa shape index (κ3) is 3.22. The molecule has 6 nitrogen and oxygen atoms in total. The lowest BCUT2D eigenvalue weighted by Crippen LogP contribution is -2.32. The predicted molar refractivity (Wildman–Crippen MR) is 85.8 cm³/mol. The van der Waals surface area contributed by atoms with Gasteiger partial charge in [0.25, 0.3) is 0 Å². The van der Waals surface area contributed by atoms with Gasteiger partial charge in [0.2, 0.25) is 5.95 Å². The molecule has 0 radical (unpaired) electrons. The summed E-state index contributed by atoms with van der Waals surface area (Å²) in [6, 6.07) is 7.93. The van der Waals surface area contributed by atoms with E-state index >= 15 is 0 Å². The molecule has 1 fully saturated rings. The van der Waals surface area contributed by atoms with Crippen molar-refractivity contribution in [3.63, 3.8) is 0 Å². The van der Waals surface area contributed by atoms with Gasteiger partial charge in [0.15, 0.2) is 0 Å². The first-order valence-electron chi connectivity index (χ1n) is 7.89. The van der Waals surface area contributed by atoms with E-state index in [0.29, 0.717) is 12.6 Å². The molecule has 1 saturated heterocycles. The number of ether oxygens (including phenoxy) is 1. The first-order chi connectivity index (χ1) is 10.8. The van der Waals surface area contributed by atoms with Gasteiger partial charge in [-0.15, -0.1) is 0 Å². The molecule has 3 rings (SSSR count). The summed E-state index contributed by atoms with van der Waals surface area (Å²) in [7, 11) is 0. The van der Waals surface area contributed by atoms with Crippen LogP contribution in [0.5, 0.6) is 0 Å². The lowest BCUT2D eigenvalue weighted by atomic mass is 10.1. The van der Waals surface area contributed by atoms with E-state index in [1.165, 1.54) is 19.3 Å². The summed E-state index contributed by atoms with van der Waals surface area (Å²) in [5.41, 5.74) is 1.91. The van der Waals surface area contributed by atoms with E-state index in [2.05, 4.69) is 19.8 Å². The minimum atomic E-state index is -0.460. The van der Waals surface area contributed by atoms with Crippen molar-refractivity contribution in [3.05, 3.63) is 24.3 Å². The van der Waals surface area contributed by atoms with Crippen LogP contribution in [0.25, 0.3) is 11.0 Å². The SMILES string of the molecule is CCOC(=O)Nc1nc2ccccc2n1CN1CCCCC1. The van der Waals surface area contributed by atoms with Crippen molar-refractivity contribution in [3.8, 4) is 0 Å². The fourth-order valence-electron chi connectivity index (χ4n) is 2.87. The number of amides is 1. The molecule has 2 aromatic rings. The number of likely N-dealkylation sites (tertiary alicyclic amines) is 1. The number of rotatable bonds is 4. The minimum absolute atomic E-state index is 0.345. The highest BCUT2D eigenvalue weighted by molar-refractivity contribution is 5.86. The van der Waals surface area contributed by atoms with Crippen LogP contribution in [0.2, 0.25) is 0 Å². The molecule has 1 amide bonds. The number of fused-ring (bicyclic) bond motifs is 1. The molecule has 1 aromatic heterocycles. The molecule has 0 bridgehead atoms. The Bertz CT molecular complexity index is 647. The summed E-state index contributed by atoms with van der Waals surface area (Å²) in [4.78, 5) is 18.7. The maximum absolute atomic E-state index is 11.7. The van der Waals surface area contributed by atoms with E-state index < -0.39 is 6.09 Å². The molecular formula is C16H22N4O2. The highest BCUT2D eigenvalue weighted by atomic mass is 16.5.